The average molecular weight is 285 g/mol. The highest BCUT2D eigenvalue weighted by atomic mass is 35.5. The van der Waals surface area contributed by atoms with Gasteiger partial charge in [0.2, 0.25) is 0 Å². The first-order valence-corrected chi connectivity index (χ1v) is 6.66. The molecular weight excluding hydrogens is 272 g/mol. The number of rotatable bonds is 3. The van der Waals surface area contributed by atoms with Crippen molar-refractivity contribution in [2.45, 2.75) is 6.54 Å². The molecule has 0 spiro atoms. The number of nitrogens with one attached hydrogen (secondary N) is 1. The zero-order valence-electron chi connectivity index (χ0n) is 10.7. The molecule has 3 rings (SSSR count). The van der Waals surface area contributed by atoms with Crippen molar-refractivity contribution in [1.29, 1.82) is 0 Å². The SMILES string of the molecule is Oc1ccc(CNc2cccc3ccncc23)cc1Cl. The van der Waals surface area contributed by atoms with Crippen LogP contribution in [0.1, 0.15) is 5.56 Å². The second-order valence-corrected chi connectivity index (χ2v) is 4.95. The summed E-state index contributed by atoms with van der Waals surface area (Å²) in [6.45, 7) is 0.633. The minimum absolute atomic E-state index is 0.102. The molecule has 0 fully saturated rings. The van der Waals surface area contributed by atoms with Gasteiger partial charge in [0.05, 0.1) is 5.02 Å². The Morgan fingerprint density at radius 1 is 1.15 bits per heavy atom. The number of phenols is 1. The number of hydrogen-bond acceptors (Lipinski definition) is 3. The number of aromatic hydroxyl groups is 1. The van der Waals surface area contributed by atoms with E-state index in [1.54, 1.807) is 18.3 Å². The Morgan fingerprint density at radius 2 is 2.05 bits per heavy atom. The summed E-state index contributed by atoms with van der Waals surface area (Å²) in [7, 11) is 0. The van der Waals surface area contributed by atoms with E-state index >= 15 is 0 Å². The maximum absolute atomic E-state index is 9.41. The maximum Gasteiger partial charge on any atom is 0.134 e. The molecule has 0 aliphatic heterocycles. The average Bonchev–Trinajstić information content (AvgIpc) is 2.48. The van der Waals surface area contributed by atoms with Gasteiger partial charge in [-0.25, -0.2) is 0 Å². The van der Waals surface area contributed by atoms with Gasteiger partial charge in [0.1, 0.15) is 5.75 Å². The van der Waals surface area contributed by atoms with E-state index < -0.39 is 0 Å². The number of phenolic OH excluding ortho intramolecular Hbond substituents is 1. The van der Waals surface area contributed by atoms with Crippen LogP contribution < -0.4 is 5.32 Å². The van der Waals surface area contributed by atoms with Crippen LogP contribution in [0.3, 0.4) is 0 Å². The van der Waals surface area contributed by atoms with Gasteiger partial charge in [-0.2, -0.15) is 0 Å². The van der Waals surface area contributed by atoms with Crippen molar-refractivity contribution in [1.82, 2.24) is 4.98 Å². The number of aromatic nitrogens is 1. The molecule has 3 nitrogen and oxygen atoms in total. The highest BCUT2D eigenvalue weighted by molar-refractivity contribution is 6.32. The molecule has 0 amide bonds. The molecular formula is C16H13ClN2O. The molecule has 0 bridgehead atoms. The summed E-state index contributed by atoms with van der Waals surface area (Å²) in [6, 6.07) is 13.3. The van der Waals surface area contributed by atoms with Gasteiger partial charge in [-0.15, -0.1) is 0 Å². The smallest absolute Gasteiger partial charge is 0.134 e. The number of halogens is 1. The first kappa shape index (κ1) is 12.8. The predicted octanol–water partition coefficient (Wildman–Crippen LogP) is 4.21. The maximum atomic E-state index is 9.41. The van der Waals surface area contributed by atoms with Crippen LogP contribution in [0, 0.1) is 0 Å². The van der Waals surface area contributed by atoms with E-state index in [1.807, 2.05) is 30.5 Å². The van der Waals surface area contributed by atoms with E-state index in [2.05, 4.69) is 16.4 Å². The number of nitrogens with zero attached hydrogens (tertiary/aromatic N) is 1. The standard InChI is InChI=1S/C16H13ClN2O/c17-14-8-11(4-5-16(14)20)9-19-15-3-1-2-12-6-7-18-10-13(12)15/h1-8,10,19-20H,9H2. The zero-order valence-corrected chi connectivity index (χ0v) is 11.4. The van der Waals surface area contributed by atoms with Gasteiger partial charge in [0, 0.05) is 30.0 Å². The minimum Gasteiger partial charge on any atom is -0.506 e. The summed E-state index contributed by atoms with van der Waals surface area (Å²) in [5.74, 6) is 0.102. The number of benzene rings is 2. The molecule has 0 aliphatic rings. The molecule has 0 atom stereocenters. The number of hydrogen-bond donors (Lipinski definition) is 2. The second kappa shape index (κ2) is 5.39. The van der Waals surface area contributed by atoms with Crippen LogP contribution in [0.2, 0.25) is 5.02 Å². The van der Waals surface area contributed by atoms with Gasteiger partial charge >= 0.3 is 0 Å². The first-order chi connectivity index (χ1) is 9.74. The van der Waals surface area contributed by atoms with Gasteiger partial charge in [0.25, 0.3) is 0 Å². The summed E-state index contributed by atoms with van der Waals surface area (Å²) in [4.78, 5) is 4.16. The van der Waals surface area contributed by atoms with Crippen molar-refractivity contribution in [2.75, 3.05) is 5.32 Å². The molecule has 0 unspecified atom stereocenters. The quantitative estimate of drug-likeness (QED) is 0.757. The van der Waals surface area contributed by atoms with E-state index in [0.717, 1.165) is 22.0 Å². The van der Waals surface area contributed by atoms with E-state index in [1.165, 1.54) is 0 Å². The Morgan fingerprint density at radius 3 is 2.90 bits per heavy atom. The fourth-order valence-electron chi connectivity index (χ4n) is 2.13. The predicted molar refractivity (Wildman–Crippen MR) is 82.2 cm³/mol. The van der Waals surface area contributed by atoms with Gasteiger partial charge in [0.15, 0.2) is 0 Å². The topological polar surface area (TPSA) is 45.1 Å². The summed E-state index contributed by atoms with van der Waals surface area (Å²) in [5, 5.41) is 15.4. The zero-order chi connectivity index (χ0) is 13.9. The second-order valence-electron chi connectivity index (χ2n) is 4.54. The molecule has 3 aromatic rings. The number of pyridine rings is 1. The Bertz CT molecular complexity index is 753. The van der Waals surface area contributed by atoms with Crippen LogP contribution in [-0.2, 0) is 6.54 Å². The van der Waals surface area contributed by atoms with Crippen molar-refractivity contribution in [3.05, 3.63) is 65.4 Å². The highest BCUT2D eigenvalue weighted by Gasteiger charge is 2.02. The molecule has 100 valence electrons. The van der Waals surface area contributed by atoms with Crippen LogP contribution in [0.25, 0.3) is 10.8 Å². The molecule has 0 saturated heterocycles. The largest absolute Gasteiger partial charge is 0.506 e. The van der Waals surface area contributed by atoms with Crippen LogP contribution in [0.15, 0.2) is 54.9 Å². The van der Waals surface area contributed by atoms with Crippen LogP contribution in [-0.4, -0.2) is 10.1 Å². The van der Waals surface area contributed by atoms with Crippen LogP contribution in [0.4, 0.5) is 5.69 Å². The Kier molecular flexibility index (Phi) is 3.44. The molecule has 2 aromatic carbocycles. The van der Waals surface area contributed by atoms with Crippen LogP contribution in [0.5, 0.6) is 5.75 Å². The lowest BCUT2D eigenvalue weighted by molar-refractivity contribution is 0.475. The molecule has 0 radical (unpaired) electrons. The molecule has 4 heteroatoms. The third-order valence-electron chi connectivity index (χ3n) is 3.18. The Labute approximate surface area is 121 Å². The van der Waals surface area contributed by atoms with Gasteiger partial charge < -0.3 is 10.4 Å². The van der Waals surface area contributed by atoms with Gasteiger partial charge in [-0.3, -0.25) is 4.98 Å². The van der Waals surface area contributed by atoms with Crippen molar-refractivity contribution < 1.29 is 5.11 Å². The van der Waals surface area contributed by atoms with E-state index in [4.69, 9.17) is 11.6 Å². The molecule has 0 saturated carbocycles. The lowest BCUT2D eigenvalue weighted by atomic mass is 10.1. The van der Waals surface area contributed by atoms with Crippen LogP contribution >= 0.6 is 11.6 Å². The third kappa shape index (κ3) is 2.53. The summed E-state index contributed by atoms with van der Waals surface area (Å²) in [5.41, 5.74) is 2.04. The molecule has 0 aliphatic carbocycles. The molecule has 20 heavy (non-hydrogen) atoms. The van der Waals surface area contributed by atoms with Gasteiger partial charge in [-0.05, 0) is 35.2 Å². The molecule has 2 N–H and O–H groups in total. The highest BCUT2D eigenvalue weighted by Crippen LogP contribution is 2.25. The number of fused-ring (bicyclic) bond motifs is 1. The minimum atomic E-state index is 0.102. The monoisotopic (exact) mass is 284 g/mol. The third-order valence-corrected chi connectivity index (χ3v) is 3.48. The van der Waals surface area contributed by atoms with Crippen molar-refractivity contribution in [3.63, 3.8) is 0 Å². The Hall–Kier alpha value is -2.26. The van der Waals surface area contributed by atoms with E-state index in [0.29, 0.717) is 11.6 Å². The summed E-state index contributed by atoms with van der Waals surface area (Å²) < 4.78 is 0. The van der Waals surface area contributed by atoms with E-state index in [-0.39, 0.29) is 5.75 Å². The fourth-order valence-corrected chi connectivity index (χ4v) is 2.33. The summed E-state index contributed by atoms with van der Waals surface area (Å²) in [6.07, 6.45) is 3.63. The van der Waals surface area contributed by atoms with E-state index in [9.17, 15) is 5.11 Å². The van der Waals surface area contributed by atoms with Crippen molar-refractivity contribution >= 4 is 28.1 Å². The van der Waals surface area contributed by atoms with Gasteiger partial charge in [-0.1, -0.05) is 29.8 Å². The van der Waals surface area contributed by atoms with Crippen molar-refractivity contribution in [2.24, 2.45) is 0 Å². The molecule has 1 heterocycles. The Balaban J connectivity index is 1.85. The summed E-state index contributed by atoms with van der Waals surface area (Å²) >= 11 is 5.90. The fraction of sp³-hybridized carbons (Fsp3) is 0.0625. The lowest BCUT2D eigenvalue weighted by Crippen LogP contribution is -2.00. The molecule has 1 aromatic heterocycles. The normalized spacial score (nSPS) is 10.7. The number of anilines is 1. The lowest BCUT2D eigenvalue weighted by Gasteiger charge is -2.10. The van der Waals surface area contributed by atoms with Crippen molar-refractivity contribution in [3.8, 4) is 5.75 Å². The first-order valence-electron chi connectivity index (χ1n) is 6.28.